The number of benzene rings is 1. The third kappa shape index (κ3) is 2.85. The first kappa shape index (κ1) is 12.8. The lowest BCUT2D eigenvalue weighted by Gasteiger charge is -1.98. The Morgan fingerprint density at radius 2 is 2.05 bits per heavy atom. The summed E-state index contributed by atoms with van der Waals surface area (Å²) in [4.78, 5) is 8.62. The van der Waals surface area contributed by atoms with E-state index < -0.39 is 0 Å². The van der Waals surface area contributed by atoms with Crippen molar-refractivity contribution in [2.24, 2.45) is 0 Å². The summed E-state index contributed by atoms with van der Waals surface area (Å²) in [6, 6.07) is 7.57. The van der Waals surface area contributed by atoms with Crippen molar-refractivity contribution in [1.82, 2.24) is 15.1 Å². The average molecular weight is 287 g/mol. The largest absolute Gasteiger partial charge is 0.497 e. The van der Waals surface area contributed by atoms with Crippen molar-refractivity contribution in [3.63, 3.8) is 0 Å². The summed E-state index contributed by atoms with van der Waals surface area (Å²) in [6.45, 7) is 0. The molecule has 0 spiro atoms. The second kappa shape index (κ2) is 5.83. The summed E-state index contributed by atoms with van der Waals surface area (Å²) in [6.07, 6.45) is 1.51. The van der Waals surface area contributed by atoms with E-state index in [1.165, 1.54) is 0 Å². The van der Waals surface area contributed by atoms with Crippen LogP contribution in [0.5, 0.6) is 5.75 Å². The SMILES string of the molecule is COc1ccc(-c2noc(CCc3cscn3)n2)cc1. The minimum atomic E-state index is 0.598. The van der Waals surface area contributed by atoms with Crippen molar-refractivity contribution in [1.29, 1.82) is 0 Å². The number of aromatic nitrogens is 3. The van der Waals surface area contributed by atoms with Crippen LogP contribution in [0.4, 0.5) is 0 Å². The molecule has 102 valence electrons. The molecule has 0 bridgehead atoms. The molecule has 0 atom stereocenters. The fourth-order valence-corrected chi connectivity index (χ4v) is 2.40. The summed E-state index contributed by atoms with van der Waals surface area (Å²) in [5.74, 6) is 2.03. The molecule has 0 unspecified atom stereocenters. The van der Waals surface area contributed by atoms with Crippen LogP contribution in [0.15, 0.2) is 39.7 Å². The zero-order valence-electron chi connectivity index (χ0n) is 10.9. The van der Waals surface area contributed by atoms with E-state index >= 15 is 0 Å². The number of nitrogens with zero attached hydrogens (tertiary/aromatic N) is 3. The molecule has 0 fully saturated rings. The maximum atomic E-state index is 5.26. The van der Waals surface area contributed by atoms with E-state index in [-0.39, 0.29) is 0 Å². The van der Waals surface area contributed by atoms with Crippen molar-refractivity contribution in [2.75, 3.05) is 7.11 Å². The van der Waals surface area contributed by atoms with E-state index in [9.17, 15) is 0 Å². The average Bonchev–Trinajstić information content (AvgIpc) is 3.17. The van der Waals surface area contributed by atoms with Gasteiger partial charge < -0.3 is 9.26 Å². The molecule has 5 nitrogen and oxygen atoms in total. The molecule has 0 aliphatic carbocycles. The maximum Gasteiger partial charge on any atom is 0.227 e. The van der Waals surface area contributed by atoms with Crippen LogP contribution in [-0.2, 0) is 12.8 Å². The number of thiazole rings is 1. The summed E-state index contributed by atoms with van der Waals surface area (Å²) in [5.41, 5.74) is 3.79. The molecule has 0 N–H and O–H groups in total. The quantitative estimate of drug-likeness (QED) is 0.722. The van der Waals surface area contributed by atoms with Gasteiger partial charge in [0, 0.05) is 17.4 Å². The molecule has 3 aromatic rings. The Balaban J connectivity index is 1.69. The highest BCUT2D eigenvalue weighted by molar-refractivity contribution is 7.07. The molecule has 2 heterocycles. The van der Waals surface area contributed by atoms with Gasteiger partial charge in [-0.2, -0.15) is 4.98 Å². The Morgan fingerprint density at radius 1 is 1.20 bits per heavy atom. The fraction of sp³-hybridized carbons (Fsp3) is 0.214. The number of hydrogen-bond acceptors (Lipinski definition) is 6. The highest BCUT2D eigenvalue weighted by atomic mass is 32.1. The van der Waals surface area contributed by atoms with Crippen molar-refractivity contribution in [3.8, 4) is 17.1 Å². The van der Waals surface area contributed by atoms with Gasteiger partial charge in [-0.3, -0.25) is 0 Å². The standard InChI is InChI=1S/C14H13N3O2S/c1-18-12-5-2-10(3-6-12)14-16-13(19-17-14)7-4-11-8-20-9-15-11/h2-3,5-6,8-9H,4,7H2,1H3. The Kier molecular flexibility index (Phi) is 3.73. The molecule has 0 amide bonds. The zero-order valence-corrected chi connectivity index (χ0v) is 11.8. The summed E-state index contributed by atoms with van der Waals surface area (Å²) < 4.78 is 10.4. The first-order valence-electron chi connectivity index (χ1n) is 6.19. The molecule has 6 heteroatoms. The lowest BCUT2D eigenvalue weighted by Crippen LogP contribution is -1.91. The first-order chi connectivity index (χ1) is 9.85. The molecule has 0 saturated heterocycles. The van der Waals surface area contributed by atoms with Gasteiger partial charge in [0.2, 0.25) is 11.7 Å². The maximum absolute atomic E-state index is 5.26. The molecule has 0 radical (unpaired) electrons. The molecule has 0 aliphatic heterocycles. The third-order valence-electron chi connectivity index (χ3n) is 2.89. The second-order valence-electron chi connectivity index (χ2n) is 4.22. The van der Waals surface area contributed by atoms with E-state index in [2.05, 4.69) is 15.1 Å². The number of hydrogen-bond donors (Lipinski definition) is 0. The van der Waals surface area contributed by atoms with Gasteiger partial charge in [-0.1, -0.05) is 5.16 Å². The van der Waals surface area contributed by atoms with Crippen LogP contribution in [0.2, 0.25) is 0 Å². The first-order valence-corrected chi connectivity index (χ1v) is 7.13. The molecular formula is C14H13N3O2S. The van der Waals surface area contributed by atoms with Gasteiger partial charge in [-0.15, -0.1) is 11.3 Å². The van der Waals surface area contributed by atoms with Crippen LogP contribution >= 0.6 is 11.3 Å². The smallest absolute Gasteiger partial charge is 0.227 e. The Labute approximate surface area is 120 Å². The summed E-state index contributed by atoms with van der Waals surface area (Å²) >= 11 is 1.59. The molecule has 2 aromatic heterocycles. The Bertz CT molecular complexity index is 662. The number of rotatable bonds is 5. The van der Waals surface area contributed by atoms with Gasteiger partial charge in [-0.05, 0) is 30.7 Å². The van der Waals surface area contributed by atoms with Crippen molar-refractivity contribution in [3.05, 3.63) is 46.7 Å². The van der Waals surface area contributed by atoms with E-state index in [1.807, 2.05) is 35.2 Å². The fourth-order valence-electron chi connectivity index (χ4n) is 1.81. The number of ether oxygens (including phenoxy) is 1. The molecule has 0 aliphatic rings. The van der Waals surface area contributed by atoms with Gasteiger partial charge in [0.25, 0.3) is 0 Å². The third-order valence-corrected chi connectivity index (χ3v) is 3.53. The van der Waals surface area contributed by atoms with Crippen molar-refractivity contribution < 1.29 is 9.26 Å². The van der Waals surface area contributed by atoms with Gasteiger partial charge in [0.05, 0.1) is 18.3 Å². The molecule has 1 aromatic carbocycles. The Morgan fingerprint density at radius 3 is 2.75 bits per heavy atom. The van der Waals surface area contributed by atoms with Crippen LogP contribution in [-0.4, -0.2) is 22.2 Å². The topological polar surface area (TPSA) is 61.0 Å². The van der Waals surface area contributed by atoms with Crippen LogP contribution in [0, 0.1) is 0 Å². The van der Waals surface area contributed by atoms with Gasteiger partial charge in [0.15, 0.2) is 0 Å². The predicted molar refractivity (Wildman–Crippen MR) is 75.8 cm³/mol. The van der Waals surface area contributed by atoms with Crippen LogP contribution in [0.1, 0.15) is 11.6 Å². The molecule has 20 heavy (non-hydrogen) atoms. The van der Waals surface area contributed by atoms with E-state index in [4.69, 9.17) is 9.26 Å². The Hall–Kier alpha value is -2.21. The monoisotopic (exact) mass is 287 g/mol. The highest BCUT2D eigenvalue weighted by Gasteiger charge is 2.09. The normalized spacial score (nSPS) is 10.7. The lowest BCUT2D eigenvalue weighted by atomic mass is 10.2. The van der Waals surface area contributed by atoms with Crippen molar-refractivity contribution in [2.45, 2.75) is 12.8 Å². The molecular weight excluding hydrogens is 274 g/mol. The molecule has 0 saturated carbocycles. The predicted octanol–water partition coefficient (Wildman–Crippen LogP) is 2.99. The van der Waals surface area contributed by atoms with Crippen molar-refractivity contribution >= 4 is 11.3 Å². The van der Waals surface area contributed by atoms with Gasteiger partial charge in [-0.25, -0.2) is 4.98 Å². The zero-order chi connectivity index (χ0) is 13.8. The van der Waals surface area contributed by atoms with Crippen LogP contribution in [0.3, 0.4) is 0 Å². The number of methoxy groups -OCH3 is 1. The van der Waals surface area contributed by atoms with E-state index in [0.717, 1.165) is 23.4 Å². The van der Waals surface area contributed by atoms with Gasteiger partial charge >= 0.3 is 0 Å². The second-order valence-corrected chi connectivity index (χ2v) is 4.94. The minimum Gasteiger partial charge on any atom is -0.497 e. The van der Waals surface area contributed by atoms with E-state index in [1.54, 1.807) is 18.4 Å². The number of aryl methyl sites for hydroxylation is 2. The minimum absolute atomic E-state index is 0.598. The van der Waals surface area contributed by atoms with Gasteiger partial charge in [0.1, 0.15) is 5.75 Å². The summed E-state index contributed by atoms with van der Waals surface area (Å²) in [7, 11) is 1.64. The van der Waals surface area contributed by atoms with Crippen LogP contribution in [0.25, 0.3) is 11.4 Å². The van der Waals surface area contributed by atoms with E-state index in [0.29, 0.717) is 18.1 Å². The molecule has 3 rings (SSSR count). The lowest BCUT2D eigenvalue weighted by molar-refractivity contribution is 0.378. The highest BCUT2D eigenvalue weighted by Crippen LogP contribution is 2.20. The summed E-state index contributed by atoms with van der Waals surface area (Å²) in [5, 5.41) is 6.03. The van der Waals surface area contributed by atoms with Crippen LogP contribution < -0.4 is 4.74 Å².